The van der Waals surface area contributed by atoms with Crippen LogP contribution in [-0.2, 0) is 23.1 Å². The first-order chi connectivity index (χ1) is 10.7. The lowest BCUT2D eigenvalue weighted by Crippen LogP contribution is -2.29. The summed E-state index contributed by atoms with van der Waals surface area (Å²) in [6.07, 6.45) is 5.53. The molecule has 0 radical (unpaired) electrons. The predicted molar refractivity (Wildman–Crippen MR) is 79.0 cm³/mol. The molecule has 7 nitrogen and oxygen atoms in total. The van der Waals surface area contributed by atoms with Crippen molar-refractivity contribution in [3.05, 3.63) is 36.3 Å². The number of hydrogen-bond acceptors (Lipinski definition) is 5. The normalized spacial score (nSPS) is 17.4. The number of rotatable bonds is 4. The van der Waals surface area contributed by atoms with E-state index in [2.05, 4.69) is 15.4 Å². The van der Waals surface area contributed by atoms with Crippen LogP contribution in [0.1, 0.15) is 12.0 Å². The number of amides is 1. The van der Waals surface area contributed by atoms with Gasteiger partial charge >= 0.3 is 6.09 Å². The Hall–Kier alpha value is -2.41. The fraction of sp³-hybridized carbons (Fsp3) is 0.400. The molecular formula is C15H18N4O3. The van der Waals surface area contributed by atoms with E-state index in [4.69, 9.17) is 9.47 Å². The van der Waals surface area contributed by atoms with Gasteiger partial charge in [-0.15, -0.1) is 0 Å². The molecule has 2 aromatic heterocycles. The molecule has 22 heavy (non-hydrogen) atoms. The second kappa shape index (κ2) is 6.57. The Morgan fingerprint density at radius 1 is 1.59 bits per heavy atom. The van der Waals surface area contributed by atoms with Crippen molar-refractivity contribution in [3.63, 3.8) is 0 Å². The lowest BCUT2D eigenvalue weighted by molar-refractivity contribution is 0.0828. The molecule has 7 heteroatoms. The Kier molecular flexibility index (Phi) is 4.34. The van der Waals surface area contributed by atoms with E-state index in [1.807, 2.05) is 25.4 Å². The Morgan fingerprint density at radius 3 is 3.23 bits per heavy atom. The highest BCUT2D eigenvalue weighted by atomic mass is 16.6. The molecule has 1 saturated heterocycles. The van der Waals surface area contributed by atoms with Crippen molar-refractivity contribution in [1.29, 1.82) is 0 Å². The van der Waals surface area contributed by atoms with Crippen molar-refractivity contribution in [2.24, 2.45) is 7.05 Å². The molecule has 116 valence electrons. The molecule has 1 amide bonds. The fourth-order valence-electron chi connectivity index (χ4n) is 2.35. The minimum absolute atomic E-state index is 0.147. The van der Waals surface area contributed by atoms with E-state index in [1.54, 1.807) is 17.1 Å². The zero-order chi connectivity index (χ0) is 15.4. The number of carbonyl (C=O) groups is 1. The van der Waals surface area contributed by atoms with Crippen molar-refractivity contribution in [2.45, 2.75) is 19.1 Å². The maximum Gasteiger partial charge on any atom is 0.407 e. The molecule has 1 aliphatic rings. The molecule has 0 aromatic carbocycles. The van der Waals surface area contributed by atoms with Gasteiger partial charge in [0.1, 0.15) is 6.10 Å². The van der Waals surface area contributed by atoms with Gasteiger partial charge < -0.3 is 14.8 Å². The number of nitrogens with one attached hydrogen (secondary N) is 1. The molecule has 1 atom stereocenters. The van der Waals surface area contributed by atoms with Gasteiger partial charge in [-0.2, -0.15) is 5.10 Å². The Morgan fingerprint density at radius 2 is 2.50 bits per heavy atom. The van der Waals surface area contributed by atoms with Crippen LogP contribution < -0.4 is 5.32 Å². The monoisotopic (exact) mass is 302 g/mol. The molecule has 0 aliphatic carbocycles. The van der Waals surface area contributed by atoms with Crippen LogP contribution in [0.25, 0.3) is 11.3 Å². The van der Waals surface area contributed by atoms with E-state index in [0.29, 0.717) is 19.8 Å². The number of carbonyl (C=O) groups excluding carboxylic acids is 1. The van der Waals surface area contributed by atoms with Gasteiger partial charge in [-0.3, -0.25) is 9.67 Å². The highest BCUT2D eigenvalue weighted by Crippen LogP contribution is 2.20. The van der Waals surface area contributed by atoms with Crippen LogP contribution >= 0.6 is 0 Å². The number of hydrogen-bond donors (Lipinski definition) is 1. The number of alkyl carbamates (subject to hydrolysis) is 1. The molecule has 2 aromatic rings. The van der Waals surface area contributed by atoms with Gasteiger partial charge in [0.25, 0.3) is 0 Å². The maximum atomic E-state index is 11.8. The van der Waals surface area contributed by atoms with Crippen LogP contribution in [0.3, 0.4) is 0 Å². The fourth-order valence-corrected chi connectivity index (χ4v) is 2.35. The number of ether oxygens (including phenoxy) is 2. The number of pyridine rings is 1. The van der Waals surface area contributed by atoms with Crippen LogP contribution in [0.4, 0.5) is 4.79 Å². The second-order valence-electron chi connectivity index (χ2n) is 5.16. The average Bonchev–Trinajstić information content (AvgIpc) is 3.17. The molecule has 0 saturated carbocycles. The zero-order valence-corrected chi connectivity index (χ0v) is 12.4. The lowest BCUT2D eigenvalue weighted by Gasteiger charge is -2.12. The van der Waals surface area contributed by atoms with E-state index in [0.717, 1.165) is 23.2 Å². The summed E-state index contributed by atoms with van der Waals surface area (Å²) < 4.78 is 12.2. The van der Waals surface area contributed by atoms with E-state index < -0.39 is 6.09 Å². The number of aromatic nitrogens is 3. The Balaban J connectivity index is 1.64. The molecule has 0 bridgehead atoms. The Labute approximate surface area is 128 Å². The maximum absolute atomic E-state index is 11.8. The highest BCUT2D eigenvalue weighted by Gasteiger charge is 2.20. The second-order valence-corrected chi connectivity index (χ2v) is 5.16. The van der Waals surface area contributed by atoms with E-state index in [-0.39, 0.29) is 6.10 Å². The zero-order valence-electron chi connectivity index (χ0n) is 12.4. The molecule has 1 fully saturated rings. The Bertz CT molecular complexity index is 650. The first-order valence-corrected chi connectivity index (χ1v) is 7.17. The summed E-state index contributed by atoms with van der Waals surface area (Å²) in [7, 11) is 1.85. The third kappa shape index (κ3) is 3.43. The summed E-state index contributed by atoms with van der Waals surface area (Å²) in [6.45, 7) is 1.47. The molecular weight excluding hydrogens is 284 g/mol. The summed E-state index contributed by atoms with van der Waals surface area (Å²) in [5.74, 6) is 0. The van der Waals surface area contributed by atoms with E-state index in [1.165, 1.54) is 0 Å². The summed E-state index contributed by atoms with van der Waals surface area (Å²) in [5, 5.41) is 6.91. The van der Waals surface area contributed by atoms with Crippen LogP contribution in [-0.4, -0.2) is 40.2 Å². The molecule has 1 aliphatic heterocycles. The molecule has 3 rings (SSSR count). The number of nitrogens with zero attached hydrogens (tertiary/aromatic N) is 3. The molecule has 0 spiro atoms. The minimum Gasteiger partial charge on any atom is -0.444 e. The van der Waals surface area contributed by atoms with Crippen molar-refractivity contribution >= 4 is 6.09 Å². The van der Waals surface area contributed by atoms with E-state index >= 15 is 0 Å². The largest absolute Gasteiger partial charge is 0.444 e. The van der Waals surface area contributed by atoms with Crippen molar-refractivity contribution in [1.82, 2.24) is 20.1 Å². The first kappa shape index (κ1) is 14.5. The van der Waals surface area contributed by atoms with Gasteiger partial charge in [0, 0.05) is 38.0 Å². The standard InChI is InChI=1S/C15H18N4O3/c1-19-9-12(8-18-19)14-11(3-2-5-16-14)7-17-15(20)22-13-4-6-21-10-13/h2-3,5,8-9,13H,4,6-7,10H2,1H3,(H,17,20). The van der Waals surface area contributed by atoms with Gasteiger partial charge in [0.15, 0.2) is 0 Å². The van der Waals surface area contributed by atoms with Gasteiger partial charge in [0.05, 0.1) is 25.1 Å². The summed E-state index contributed by atoms with van der Waals surface area (Å²) >= 11 is 0. The summed E-state index contributed by atoms with van der Waals surface area (Å²) in [6, 6.07) is 3.77. The van der Waals surface area contributed by atoms with E-state index in [9.17, 15) is 4.79 Å². The van der Waals surface area contributed by atoms with Gasteiger partial charge in [0.2, 0.25) is 0 Å². The van der Waals surface area contributed by atoms with Gasteiger partial charge in [-0.05, 0) is 11.6 Å². The first-order valence-electron chi connectivity index (χ1n) is 7.17. The average molecular weight is 302 g/mol. The van der Waals surface area contributed by atoms with Crippen LogP contribution in [0.2, 0.25) is 0 Å². The molecule has 1 N–H and O–H groups in total. The van der Waals surface area contributed by atoms with Crippen LogP contribution in [0.5, 0.6) is 0 Å². The van der Waals surface area contributed by atoms with Gasteiger partial charge in [-0.25, -0.2) is 4.79 Å². The minimum atomic E-state index is -0.434. The SMILES string of the molecule is Cn1cc(-c2ncccc2CNC(=O)OC2CCOC2)cn1. The summed E-state index contributed by atoms with van der Waals surface area (Å²) in [5.41, 5.74) is 2.63. The van der Waals surface area contributed by atoms with Crippen LogP contribution in [0.15, 0.2) is 30.7 Å². The summed E-state index contributed by atoms with van der Waals surface area (Å²) in [4.78, 5) is 16.2. The topological polar surface area (TPSA) is 78.3 Å². The quantitative estimate of drug-likeness (QED) is 0.926. The lowest BCUT2D eigenvalue weighted by atomic mass is 10.1. The highest BCUT2D eigenvalue weighted by molar-refractivity contribution is 5.68. The van der Waals surface area contributed by atoms with Gasteiger partial charge in [-0.1, -0.05) is 6.07 Å². The number of aryl methyl sites for hydroxylation is 1. The molecule has 1 unspecified atom stereocenters. The molecule has 3 heterocycles. The van der Waals surface area contributed by atoms with Crippen LogP contribution in [0, 0.1) is 0 Å². The predicted octanol–water partition coefficient (Wildman–Crippen LogP) is 1.50. The smallest absolute Gasteiger partial charge is 0.407 e. The third-order valence-electron chi connectivity index (χ3n) is 3.45. The van der Waals surface area contributed by atoms with Crippen molar-refractivity contribution in [3.8, 4) is 11.3 Å². The van der Waals surface area contributed by atoms with Crippen molar-refractivity contribution < 1.29 is 14.3 Å². The van der Waals surface area contributed by atoms with Crippen molar-refractivity contribution in [2.75, 3.05) is 13.2 Å². The third-order valence-corrected chi connectivity index (χ3v) is 3.45.